The molecule has 144 valence electrons. The molecule has 1 heterocycles. The third kappa shape index (κ3) is 4.93. The van der Waals surface area contributed by atoms with E-state index in [0.29, 0.717) is 24.3 Å². The second-order valence-electron chi connectivity index (χ2n) is 6.66. The van der Waals surface area contributed by atoms with Gasteiger partial charge in [0.25, 0.3) is 0 Å². The van der Waals surface area contributed by atoms with Crippen molar-refractivity contribution in [2.75, 3.05) is 18.4 Å². The number of halogens is 1. The zero-order valence-electron chi connectivity index (χ0n) is 15.0. The maximum atomic E-state index is 13.7. The Balaban J connectivity index is 1.73. The molecule has 0 radical (unpaired) electrons. The Kier molecular flexibility index (Phi) is 6.23. The Morgan fingerprint density at radius 1 is 1.00 bits per heavy atom. The first kappa shape index (κ1) is 19.5. The molecular formula is C20H23FN2O3S. The van der Waals surface area contributed by atoms with Crippen LogP contribution >= 0.6 is 0 Å². The van der Waals surface area contributed by atoms with E-state index in [4.69, 9.17) is 0 Å². The highest BCUT2D eigenvalue weighted by Gasteiger charge is 2.25. The maximum absolute atomic E-state index is 13.7. The van der Waals surface area contributed by atoms with Crippen LogP contribution in [0, 0.1) is 5.82 Å². The molecule has 0 spiro atoms. The molecule has 27 heavy (non-hydrogen) atoms. The van der Waals surface area contributed by atoms with E-state index in [0.717, 1.165) is 25.7 Å². The minimum Gasteiger partial charge on any atom is -0.326 e. The van der Waals surface area contributed by atoms with E-state index in [2.05, 4.69) is 5.32 Å². The summed E-state index contributed by atoms with van der Waals surface area (Å²) in [7, 11) is -3.59. The molecule has 7 heteroatoms. The highest BCUT2D eigenvalue weighted by Crippen LogP contribution is 2.23. The van der Waals surface area contributed by atoms with Crippen molar-refractivity contribution in [2.45, 2.75) is 37.0 Å². The van der Waals surface area contributed by atoms with Gasteiger partial charge >= 0.3 is 0 Å². The van der Waals surface area contributed by atoms with Crippen LogP contribution in [0.5, 0.6) is 0 Å². The van der Waals surface area contributed by atoms with Gasteiger partial charge in [-0.15, -0.1) is 0 Å². The Morgan fingerprint density at radius 2 is 1.70 bits per heavy atom. The minimum absolute atomic E-state index is 0.115. The van der Waals surface area contributed by atoms with Crippen molar-refractivity contribution in [3.8, 4) is 0 Å². The van der Waals surface area contributed by atoms with E-state index in [1.165, 1.54) is 22.5 Å². The van der Waals surface area contributed by atoms with Crippen molar-refractivity contribution in [1.29, 1.82) is 0 Å². The number of benzene rings is 2. The van der Waals surface area contributed by atoms with Crippen LogP contribution in [0.2, 0.25) is 0 Å². The molecule has 1 N–H and O–H groups in total. The summed E-state index contributed by atoms with van der Waals surface area (Å²) < 4.78 is 41.0. The molecule has 0 saturated carbocycles. The number of hydrogen-bond acceptors (Lipinski definition) is 3. The minimum atomic E-state index is -3.59. The summed E-state index contributed by atoms with van der Waals surface area (Å²) in [5.74, 6) is -0.838. The monoisotopic (exact) mass is 390 g/mol. The molecule has 1 aliphatic rings. The fourth-order valence-electron chi connectivity index (χ4n) is 3.19. The number of rotatable bonds is 5. The van der Waals surface area contributed by atoms with E-state index >= 15 is 0 Å². The molecule has 5 nitrogen and oxygen atoms in total. The average Bonchev–Trinajstić information content (AvgIpc) is 2.94. The van der Waals surface area contributed by atoms with Crippen molar-refractivity contribution in [1.82, 2.24) is 4.31 Å². The van der Waals surface area contributed by atoms with Crippen LogP contribution < -0.4 is 5.32 Å². The summed E-state index contributed by atoms with van der Waals surface area (Å²) in [5.41, 5.74) is 0.676. The second-order valence-corrected chi connectivity index (χ2v) is 8.60. The number of hydrogen-bond donors (Lipinski definition) is 1. The molecule has 1 saturated heterocycles. The summed E-state index contributed by atoms with van der Waals surface area (Å²) in [6, 6.07) is 12.3. The van der Waals surface area contributed by atoms with E-state index in [9.17, 15) is 17.6 Å². The molecule has 0 atom stereocenters. The van der Waals surface area contributed by atoms with E-state index < -0.39 is 21.7 Å². The number of carbonyl (C=O) groups is 1. The lowest BCUT2D eigenvalue weighted by Crippen LogP contribution is -2.32. The smallest absolute Gasteiger partial charge is 0.243 e. The second kappa shape index (κ2) is 8.63. The number of nitrogens with one attached hydrogen (secondary N) is 1. The first-order valence-corrected chi connectivity index (χ1v) is 10.5. The van der Waals surface area contributed by atoms with Gasteiger partial charge in [-0.25, -0.2) is 12.8 Å². The van der Waals surface area contributed by atoms with Crippen LogP contribution in [0.3, 0.4) is 0 Å². The molecule has 1 aliphatic heterocycles. The lowest BCUT2D eigenvalue weighted by Gasteiger charge is -2.20. The summed E-state index contributed by atoms with van der Waals surface area (Å²) >= 11 is 0. The SMILES string of the molecule is O=C(Cc1ccccc1F)Nc1cccc(S(=O)(=O)N2CCCCCC2)c1. The number of amides is 1. The third-order valence-electron chi connectivity index (χ3n) is 4.63. The summed E-state index contributed by atoms with van der Waals surface area (Å²) in [5, 5.41) is 2.66. The van der Waals surface area contributed by atoms with Crippen molar-refractivity contribution < 1.29 is 17.6 Å². The van der Waals surface area contributed by atoms with Crippen LogP contribution in [0.1, 0.15) is 31.2 Å². The van der Waals surface area contributed by atoms with Gasteiger partial charge in [-0.3, -0.25) is 4.79 Å². The van der Waals surface area contributed by atoms with Gasteiger partial charge in [0.1, 0.15) is 5.82 Å². The van der Waals surface area contributed by atoms with Crippen molar-refractivity contribution in [3.05, 3.63) is 59.9 Å². The Labute approximate surface area is 159 Å². The highest BCUT2D eigenvalue weighted by molar-refractivity contribution is 7.89. The first-order chi connectivity index (χ1) is 13.0. The van der Waals surface area contributed by atoms with E-state index in [1.807, 2.05) is 0 Å². The molecule has 0 bridgehead atoms. The molecule has 2 aromatic rings. The van der Waals surface area contributed by atoms with Gasteiger partial charge in [0, 0.05) is 18.8 Å². The topological polar surface area (TPSA) is 66.5 Å². The summed E-state index contributed by atoms with van der Waals surface area (Å²) in [4.78, 5) is 12.4. The molecule has 0 unspecified atom stereocenters. The largest absolute Gasteiger partial charge is 0.326 e. The highest BCUT2D eigenvalue weighted by atomic mass is 32.2. The molecule has 2 aromatic carbocycles. The van der Waals surface area contributed by atoms with Gasteiger partial charge < -0.3 is 5.32 Å². The quantitative estimate of drug-likeness (QED) is 0.849. The van der Waals surface area contributed by atoms with Crippen molar-refractivity contribution in [2.24, 2.45) is 0 Å². The lowest BCUT2D eigenvalue weighted by molar-refractivity contribution is -0.115. The fourth-order valence-corrected chi connectivity index (χ4v) is 4.75. The maximum Gasteiger partial charge on any atom is 0.243 e. The zero-order valence-corrected chi connectivity index (χ0v) is 15.8. The number of nitrogens with zero attached hydrogens (tertiary/aromatic N) is 1. The standard InChI is InChI=1S/C20H23FN2O3S/c21-19-11-4-3-8-16(19)14-20(24)22-17-9-7-10-18(15-17)27(25,26)23-12-5-1-2-6-13-23/h3-4,7-11,15H,1-2,5-6,12-14H2,(H,22,24). The summed E-state index contributed by atoms with van der Waals surface area (Å²) in [6.45, 7) is 1.04. The fraction of sp³-hybridized carbons (Fsp3) is 0.350. The van der Waals surface area contributed by atoms with Crippen molar-refractivity contribution >= 4 is 21.6 Å². The van der Waals surface area contributed by atoms with Gasteiger partial charge in [-0.2, -0.15) is 4.31 Å². The van der Waals surface area contributed by atoms with Gasteiger partial charge in [-0.1, -0.05) is 37.1 Å². The summed E-state index contributed by atoms with van der Waals surface area (Å²) in [6.07, 6.45) is 3.68. The van der Waals surface area contributed by atoms with E-state index in [-0.39, 0.29) is 11.3 Å². The normalized spacial score (nSPS) is 15.9. The lowest BCUT2D eigenvalue weighted by atomic mass is 10.1. The molecule has 0 aromatic heterocycles. The molecule has 0 aliphatic carbocycles. The Bertz CT molecular complexity index is 907. The van der Waals surface area contributed by atoms with Gasteiger partial charge in [0.15, 0.2) is 0 Å². The molecule has 1 amide bonds. The van der Waals surface area contributed by atoms with E-state index in [1.54, 1.807) is 30.3 Å². The van der Waals surface area contributed by atoms with Crippen LogP contribution in [0.25, 0.3) is 0 Å². The van der Waals surface area contributed by atoms with Gasteiger partial charge in [-0.05, 0) is 42.7 Å². The number of carbonyl (C=O) groups excluding carboxylic acids is 1. The third-order valence-corrected chi connectivity index (χ3v) is 6.52. The Morgan fingerprint density at radius 3 is 2.41 bits per heavy atom. The molecular weight excluding hydrogens is 367 g/mol. The van der Waals surface area contributed by atoms with Crippen molar-refractivity contribution in [3.63, 3.8) is 0 Å². The van der Waals surface area contributed by atoms with Crippen LogP contribution in [-0.2, 0) is 21.2 Å². The predicted molar refractivity (Wildman–Crippen MR) is 102 cm³/mol. The first-order valence-electron chi connectivity index (χ1n) is 9.10. The number of anilines is 1. The number of sulfonamides is 1. The van der Waals surface area contributed by atoms with Crippen LogP contribution in [0.4, 0.5) is 10.1 Å². The predicted octanol–water partition coefficient (Wildman–Crippen LogP) is 3.57. The van der Waals surface area contributed by atoms with Crippen LogP contribution in [-0.4, -0.2) is 31.7 Å². The zero-order chi connectivity index (χ0) is 19.3. The van der Waals surface area contributed by atoms with Gasteiger partial charge in [0.05, 0.1) is 11.3 Å². The molecule has 1 fully saturated rings. The average molecular weight is 390 g/mol. The van der Waals surface area contributed by atoms with Crippen LogP contribution in [0.15, 0.2) is 53.4 Å². The molecule has 3 rings (SSSR count). The van der Waals surface area contributed by atoms with Gasteiger partial charge in [0.2, 0.25) is 15.9 Å². The Hall–Kier alpha value is -2.25.